The lowest BCUT2D eigenvalue weighted by atomic mass is 10.1. The van der Waals surface area contributed by atoms with Gasteiger partial charge in [0.15, 0.2) is 5.76 Å². The molecule has 31 heavy (non-hydrogen) atoms. The number of hydrogen-bond donors (Lipinski definition) is 2. The third-order valence-electron chi connectivity index (χ3n) is 4.29. The number of carbonyl (C=O) groups is 3. The highest BCUT2D eigenvalue weighted by atomic mass is 16.5. The first kappa shape index (κ1) is 23.6. The third kappa shape index (κ3) is 7.23. The molecule has 1 aliphatic rings. The van der Waals surface area contributed by atoms with E-state index < -0.39 is 11.9 Å². The first-order chi connectivity index (χ1) is 14.8. The fraction of sp³-hybridized carbons (Fsp3) is 0.273. The van der Waals surface area contributed by atoms with E-state index in [0.29, 0.717) is 25.5 Å². The molecule has 3 rings (SSSR count). The molecule has 2 N–H and O–H groups in total. The van der Waals surface area contributed by atoms with Crippen LogP contribution < -0.4 is 0 Å². The first-order valence-corrected chi connectivity index (χ1v) is 9.50. The summed E-state index contributed by atoms with van der Waals surface area (Å²) >= 11 is 0. The van der Waals surface area contributed by atoms with Gasteiger partial charge in [0.05, 0.1) is 6.54 Å². The van der Waals surface area contributed by atoms with Crippen LogP contribution in [0.5, 0.6) is 0 Å². The van der Waals surface area contributed by atoms with Crippen molar-refractivity contribution in [1.29, 1.82) is 0 Å². The topological polar surface area (TPSA) is 120 Å². The number of carbonyl (C=O) groups excluding carboxylic acids is 1. The number of amides is 1. The SMILES string of the molecule is CN(C)CCOC1=C(c2ccccc2)CN(Cc2cccnc2)C1=O.O=C(O)C(=O)O. The molecule has 9 heteroatoms. The molecular formula is C22H25N3O6. The van der Waals surface area contributed by atoms with Gasteiger partial charge in [0.25, 0.3) is 5.91 Å². The highest BCUT2D eigenvalue weighted by molar-refractivity contribution is 6.27. The van der Waals surface area contributed by atoms with Crippen LogP contribution >= 0.6 is 0 Å². The Kier molecular flexibility index (Phi) is 8.71. The van der Waals surface area contributed by atoms with Crippen molar-refractivity contribution in [3.8, 4) is 0 Å². The van der Waals surface area contributed by atoms with Crippen LogP contribution in [0.2, 0.25) is 0 Å². The van der Waals surface area contributed by atoms with Crippen LogP contribution in [0.25, 0.3) is 5.57 Å². The molecule has 1 aromatic carbocycles. The number of aromatic nitrogens is 1. The van der Waals surface area contributed by atoms with E-state index in [1.165, 1.54) is 0 Å². The Bertz CT molecular complexity index is 917. The average Bonchev–Trinajstić information content (AvgIpc) is 3.05. The summed E-state index contributed by atoms with van der Waals surface area (Å²) in [6.07, 6.45) is 3.53. The fourth-order valence-corrected chi connectivity index (χ4v) is 2.79. The number of likely N-dealkylation sites (N-methyl/N-ethyl adjacent to an activating group) is 1. The molecule has 1 amide bonds. The molecule has 0 atom stereocenters. The highest BCUT2D eigenvalue weighted by Gasteiger charge is 2.32. The van der Waals surface area contributed by atoms with Crippen LogP contribution in [0.1, 0.15) is 11.1 Å². The number of benzene rings is 1. The normalized spacial score (nSPS) is 13.1. The maximum absolute atomic E-state index is 12.9. The molecule has 9 nitrogen and oxygen atoms in total. The van der Waals surface area contributed by atoms with Gasteiger partial charge >= 0.3 is 11.9 Å². The number of carboxylic acids is 2. The van der Waals surface area contributed by atoms with Gasteiger partial charge in [0.1, 0.15) is 6.61 Å². The van der Waals surface area contributed by atoms with Gasteiger partial charge in [-0.25, -0.2) is 9.59 Å². The maximum atomic E-state index is 12.9. The summed E-state index contributed by atoms with van der Waals surface area (Å²) in [6, 6.07) is 13.8. The van der Waals surface area contributed by atoms with Crippen molar-refractivity contribution in [3.63, 3.8) is 0 Å². The number of hydrogen-bond acceptors (Lipinski definition) is 6. The minimum atomic E-state index is -1.82. The zero-order chi connectivity index (χ0) is 22.8. The number of pyridine rings is 1. The standard InChI is InChI=1S/C20H23N3O2.C2H2O4/c1-22(2)11-12-25-19-18(17-8-4-3-5-9-17)15-23(20(19)24)14-16-7-6-10-21-13-16;3-1(4)2(5)6/h3-10,13H,11-12,14-15H2,1-2H3;(H,3,4)(H,5,6). The Morgan fingerprint density at radius 3 is 2.32 bits per heavy atom. The molecule has 0 spiro atoms. The Morgan fingerprint density at radius 2 is 1.77 bits per heavy atom. The lowest BCUT2D eigenvalue weighted by Gasteiger charge is -2.17. The van der Waals surface area contributed by atoms with Crippen molar-refractivity contribution >= 4 is 23.4 Å². The van der Waals surface area contributed by atoms with Gasteiger partial charge in [-0.2, -0.15) is 0 Å². The molecule has 2 aromatic rings. The van der Waals surface area contributed by atoms with Crippen LogP contribution in [0.15, 0.2) is 60.6 Å². The Hall–Kier alpha value is -3.72. The van der Waals surface area contributed by atoms with Gasteiger partial charge in [-0.15, -0.1) is 0 Å². The van der Waals surface area contributed by atoms with Gasteiger partial charge in [-0.05, 0) is 31.3 Å². The van der Waals surface area contributed by atoms with E-state index in [4.69, 9.17) is 24.5 Å². The Labute approximate surface area is 180 Å². The number of ether oxygens (including phenoxy) is 1. The smallest absolute Gasteiger partial charge is 0.414 e. The van der Waals surface area contributed by atoms with Crippen molar-refractivity contribution in [2.75, 3.05) is 33.8 Å². The quantitative estimate of drug-likeness (QED) is 0.639. The molecule has 0 radical (unpaired) electrons. The summed E-state index contributed by atoms with van der Waals surface area (Å²) in [7, 11) is 3.97. The molecule has 0 fully saturated rings. The highest BCUT2D eigenvalue weighted by Crippen LogP contribution is 2.29. The molecule has 0 bridgehead atoms. The van der Waals surface area contributed by atoms with E-state index in [1.807, 2.05) is 66.4 Å². The molecule has 0 unspecified atom stereocenters. The van der Waals surface area contributed by atoms with E-state index in [-0.39, 0.29) is 5.91 Å². The van der Waals surface area contributed by atoms with Crippen molar-refractivity contribution in [3.05, 3.63) is 71.7 Å². The van der Waals surface area contributed by atoms with Crippen molar-refractivity contribution in [2.45, 2.75) is 6.54 Å². The average molecular weight is 427 g/mol. The van der Waals surface area contributed by atoms with Crippen LogP contribution in [-0.2, 0) is 25.7 Å². The maximum Gasteiger partial charge on any atom is 0.414 e. The van der Waals surface area contributed by atoms with Gasteiger partial charge < -0.3 is 24.7 Å². The van der Waals surface area contributed by atoms with Crippen molar-refractivity contribution in [1.82, 2.24) is 14.8 Å². The van der Waals surface area contributed by atoms with Gasteiger partial charge in [-0.3, -0.25) is 9.78 Å². The molecule has 164 valence electrons. The number of rotatable bonds is 7. The van der Waals surface area contributed by atoms with E-state index in [1.54, 1.807) is 12.4 Å². The Balaban J connectivity index is 0.000000501. The van der Waals surface area contributed by atoms with E-state index in [2.05, 4.69) is 4.98 Å². The molecule has 0 aliphatic carbocycles. The van der Waals surface area contributed by atoms with Crippen LogP contribution in [-0.4, -0.2) is 76.6 Å². The monoisotopic (exact) mass is 427 g/mol. The van der Waals surface area contributed by atoms with Gasteiger partial charge in [-0.1, -0.05) is 36.4 Å². The molecular weight excluding hydrogens is 402 g/mol. The first-order valence-electron chi connectivity index (χ1n) is 9.50. The molecule has 1 aliphatic heterocycles. The minimum absolute atomic E-state index is 0.0542. The van der Waals surface area contributed by atoms with Gasteiger partial charge in [0, 0.05) is 31.1 Å². The summed E-state index contributed by atoms with van der Waals surface area (Å²) in [5.74, 6) is -3.23. The fourth-order valence-electron chi connectivity index (χ4n) is 2.79. The number of nitrogens with zero attached hydrogens (tertiary/aromatic N) is 3. The summed E-state index contributed by atoms with van der Waals surface area (Å²) in [5, 5.41) is 14.8. The van der Waals surface area contributed by atoms with Crippen LogP contribution in [0, 0.1) is 0 Å². The van der Waals surface area contributed by atoms with Crippen molar-refractivity contribution < 1.29 is 29.3 Å². The number of aliphatic carboxylic acids is 2. The number of carboxylic acid groups (broad SMARTS) is 2. The van der Waals surface area contributed by atoms with E-state index >= 15 is 0 Å². The second-order valence-corrected chi connectivity index (χ2v) is 6.96. The Morgan fingerprint density at radius 1 is 1.10 bits per heavy atom. The summed E-state index contributed by atoms with van der Waals surface area (Å²) in [6.45, 7) is 2.34. The second kappa shape index (κ2) is 11.5. The summed E-state index contributed by atoms with van der Waals surface area (Å²) in [5.41, 5.74) is 3.00. The van der Waals surface area contributed by atoms with Crippen molar-refractivity contribution in [2.24, 2.45) is 0 Å². The third-order valence-corrected chi connectivity index (χ3v) is 4.29. The predicted octanol–water partition coefficient (Wildman–Crippen LogP) is 1.57. The van der Waals surface area contributed by atoms with E-state index in [0.717, 1.165) is 23.2 Å². The van der Waals surface area contributed by atoms with Crippen LogP contribution in [0.3, 0.4) is 0 Å². The lowest BCUT2D eigenvalue weighted by molar-refractivity contribution is -0.159. The molecule has 0 saturated heterocycles. The largest absolute Gasteiger partial charge is 0.486 e. The minimum Gasteiger partial charge on any atom is -0.486 e. The van der Waals surface area contributed by atoms with Gasteiger partial charge in [0.2, 0.25) is 0 Å². The van der Waals surface area contributed by atoms with Crippen LogP contribution in [0.4, 0.5) is 0 Å². The summed E-state index contributed by atoms with van der Waals surface area (Å²) < 4.78 is 5.89. The second-order valence-electron chi connectivity index (χ2n) is 6.96. The van der Waals surface area contributed by atoms with E-state index in [9.17, 15) is 4.79 Å². The molecule has 1 aromatic heterocycles. The summed E-state index contributed by atoms with van der Waals surface area (Å²) in [4.78, 5) is 39.1. The molecule has 0 saturated carbocycles. The lowest BCUT2D eigenvalue weighted by Crippen LogP contribution is -2.28. The molecule has 2 heterocycles. The predicted molar refractivity (Wildman–Crippen MR) is 113 cm³/mol. The zero-order valence-corrected chi connectivity index (χ0v) is 17.4. The zero-order valence-electron chi connectivity index (χ0n) is 17.4.